The van der Waals surface area contributed by atoms with E-state index in [1.807, 2.05) is 18.2 Å². The maximum absolute atomic E-state index is 9.68. The van der Waals surface area contributed by atoms with Crippen LogP contribution in [-0.2, 0) is 5.41 Å². The van der Waals surface area contributed by atoms with Crippen molar-refractivity contribution in [2.45, 2.75) is 52.1 Å². The van der Waals surface area contributed by atoms with Gasteiger partial charge in [0.1, 0.15) is 12.4 Å². The topological polar surface area (TPSA) is 29.5 Å². The first-order valence-electron chi connectivity index (χ1n) is 6.35. The molecule has 1 atom stereocenters. The largest absolute Gasteiger partial charge is 0.491 e. The first-order chi connectivity index (χ1) is 7.95. The summed E-state index contributed by atoms with van der Waals surface area (Å²) in [6.45, 7) is 8.93. The highest BCUT2D eigenvalue weighted by molar-refractivity contribution is 5.38. The minimum atomic E-state index is -0.368. The maximum Gasteiger partial charge on any atom is 0.123 e. The minimum Gasteiger partial charge on any atom is -0.491 e. The lowest BCUT2D eigenvalue weighted by Crippen LogP contribution is -2.19. The van der Waals surface area contributed by atoms with Gasteiger partial charge in [0.15, 0.2) is 0 Å². The number of aliphatic hydroxyl groups excluding tert-OH is 1. The molecule has 17 heavy (non-hydrogen) atoms. The van der Waals surface area contributed by atoms with E-state index in [0.29, 0.717) is 6.61 Å². The van der Waals surface area contributed by atoms with E-state index in [9.17, 15) is 5.11 Å². The molecule has 0 amide bonds. The third-order valence-corrected chi connectivity index (χ3v) is 2.75. The standard InChI is InChI=1S/C15H24O2/c1-5-8-12(16)11-17-14-10-7-6-9-13(14)15(2,3)4/h6-7,9-10,12,16H,5,8,11H2,1-4H3. The number of aliphatic hydroxyl groups is 1. The summed E-state index contributed by atoms with van der Waals surface area (Å²) in [6, 6.07) is 8.05. The van der Waals surface area contributed by atoms with Crippen LogP contribution in [0.1, 0.15) is 46.1 Å². The lowest BCUT2D eigenvalue weighted by atomic mass is 9.86. The van der Waals surface area contributed by atoms with Crippen molar-refractivity contribution in [2.75, 3.05) is 6.61 Å². The van der Waals surface area contributed by atoms with Crippen LogP contribution in [0, 0.1) is 0 Å². The third kappa shape index (κ3) is 4.39. The Morgan fingerprint density at radius 2 is 1.88 bits per heavy atom. The van der Waals surface area contributed by atoms with E-state index in [0.717, 1.165) is 18.6 Å². The summed E-state index contributed by atoms with van der Waals surface area (Å²) in [6.07, 6.45) is 1.40. The van der Waals surface area contributed by atoms with E-state index in [1.54, 1.807) is 0 Å². The molecule has 1 unspecified atom stereocenters. The third-order valence-electron chi connectivity index (χ3n) is 2.75. The van der Waals surface area contributed by atoms with Gasteiger partial charge < -0.3 is 9.84 Å². The van der Waals surface area contributed by atoms with Crippen LogP contribution >= 0.6 is 0 Å². The highest BCUT2D eigenvalue weighted by Gasteiger charge is 2.18. The summed E-state index contributed by atoms with van der Waals surface area (Å²) in [5.41, 5.74) is 1.25. The molecule has 0 aliphatic heterocycles. The van der Waals surface area contributed by atoms with Crippen LogP contribution in [0.4, 0.5) is 0 Å². The summed E-state index contributed by atoms with van der Waals surface area (Å²) >= 11 is 0. The van der Waals surface area contributed by atoms with Crippen LogP contribution in [-0.4, -0.2) is 17.8 Å². The zero-order valence-electron chi connectivity index (χ0n) is 11.4. The Morgan fingerprint density at radius 1 is 1.24 bits per heavy atom. The van der Waals surface area contributed by atoms with Crippen molar-refractivity contribution in [1.82, 2.24) is 0 Å². The number of ether oxygens (including phenoxy) is 1. The van der Waals surface area contributed by atoms with Gasteiger partial charge >= 0.3 is 0 Å². The van der Waals surface area contributed by atoms with E-state index in [2.05, 4.69) is 33.8 Å². The van der Waals surface area contributed by atoms with Crippen molar-refractivity contribution in [3.63, 3.8) is 0 Å². The van der Waals surface area contributed by atoms with E-state index in [1.165, 1.54) is 5.56 Å². The molecule has 1 aromatic carbocycles. The van der Waals surface area contributed by atoms with E-state index >= 15 is 0 Å². The Labute approximate surface area is 105 Å². The number of benzene rings is 1. The molecule has 2 nitrogen and oxygen atoms in total. The molecule has 2 heteroatoms. The molecule has 0 saturated heterocycles. The molecule has 0 bridgehead atoms. The van der Waals surface area contributed by atoms with E-state index < -0.39 is 0 Å². The van der Waals surface area contributed by atoms with Crippen LogP contribution in [0.3, 0.4) is 0 Å². The second-order valence-electron chi connectivity index (χ2n) is 5.50. The van der Waals surface area contributed by atoms with Gasteiger partial charge in [0.05, 0.1) is 6.10 Å². The molecule has 1 N–H and O–H groups in total. The second-order valence-corrected chi connectivity index (χ2v) is 5.50. The molecule has 0 aliphatic rings. The first kappa shape index (κ1) is 14.0. The quantitative estimate of drug-likeness (QED) is 0.847. The van der Waals surface area contributed by atoms with Crippen LogP contribution < -0.4 is 4.74 Å². The van der Waals surface area contributed by atoms with Crippen LogP contribution in [0.15, 0.2) is 24.3 Å². The van der Waals surface area contributed by atoms with Crippen LogP contribution in [0.2, 0.25) is 0 Å². The van der Waals surface area contributed by atoms with Gasteiger partial charge in [-0.3, -0.25) is 0 Å². The summed E-state index contributed by atoms with van der Waals surface area (Å²) in [5, 5.41) is 9.68. The molecule has 0 saturated carbocycles. The molecule has 1 aromatic rings. The summed E-state index contributed by atoms with van der Waals surface area (Å²) in [5.74, 6) is 0.884. The maximum atomic E-state index is 9.68. The minimum absolute atomic E-state index is 0.0618. The smallest absolute Gasteiger partial charge is 0.123 e. The predicted molar refractivity (Wildman–Crippen MR) is 71.6 cm³/mol. The highest BCUT2D eigenvalue weighted by atomic mass is 16.5. The van der Waals surface area contributed by atoms with Gasteiger partial charge in [0.25, 0.3) is 0 Å². The average Bonchev–Trinajstić information content (AvgIpc) is 2.26. The fourth-order valence-electron chi connectivity index (χ4n) is 1.81. The van der Waals surface area contributed by atoms with Gasteiger partial charge in [-0.25, -0.2) is 0 Å². The van der Waals surface area contributed by atoms with Gasteiger partial charge in [0.2, 0.25) is 0 Å². The summed E-state index contributed by atoms with van der Waals surface area (Å²) < 4.78 is 5.73. The number of hydrogen-bond acceptors (Lipinski definition) is 2. The molecule has 0 heterocycles. The fraction of sp³-hybridized carbons (Fsp3) is 0.600. The molecule has 0 spiro atoms. The molecular formula is C15H24O2. The molecule has 0 fully saturated rings. The van der Waals surface area contributed by atoms with Crippen molar-refractivity contribution >= 4 is 0 Å². The normalized spacial score (nSPS) is 13.5. The number of para-hydroxylation sites is 1. The Morgan fingerprint density at radius 3 is 2.47 bits per heavy atom. The number of rotatable bonds is 5. The molecular weight excluding hydrogens is 212 g/mol. The molecule has 0 aromatic heterocycles. The summed E-state index contributed by atoms with van der Waals surface area (Å²) in [7, 11) is 0. The Bertz CT molecular complexity index is 339. The monoisotopic (exact) mass is 236 g/mol. The van der Waals surface area contributed by atoms with Crippen molar-refractivity contribution < 1.29 is 9.84 Å². The lowest BCUT2D eigenvalue weighted by Gasteiger charge is -2.23. The van der Waals surface area contributed by atoms with E-state index in [-0.39, 0.29) is 11.5 Å². The average molecular weight is 236 g/mol. The van der Waals surface area contributed by atoms with Crippen molar-refractivity contribution in [2.24, 2.45) is 0 Å². The van der Waals surface area contributed by atoms with E-state index in [4.69, 9.17) is 4.74 Å². The molecule has 96 valence electrons. The first-order valence-corrected chi connectivity index (χ1v) is 6.35. The second kappa shape index (κ2) is 6.06. The van der Waals surface area contributed by atoms with Crippen LogP contribution in [0.25, 0.3) is 0 Å². The Kier molecular flexibility index (Phi) is 5.01. The summed E-state index contributed by atoms with van der Waals surface area (Å²) in [4.78, 5) is 0. The van der Waals surface area contributed by atoms with Crippen molar-refractivity contribution in [1.29, 1.82) is 0 Å². The van der Waals surface area contributed by atoms with Crippen LogP contribution in [0.5, 0.6) is 5.75 Å². The lowest BCUT2D eigenvalue weighted by molar-refractivity contribution is 0.0983. The van der Waals surface area contributed by atoms with Gasteiger partial charge in [-0.15, -0.1) is 0 Å². The molecule has 1 rings (SSSR count). The highest BCUT2D eigenvalue weighted by Crippen LogP contribution is 2.30. The zero-order valence-corrected chi connectivity index (χ0v) is 11.4. The zero-order chi connectivity index (χ0) is 12.9. The Hall–Kier alpha value is -1.02. The Balaban J connectivity index is 2.71. The van der Waals surface area contributed by atoms with Gasteiger partial charge in [-0.2, -0.15) is 0 Å². The van der Waals surface area contributed by atoms with Crippen molar-refractivity contribution in [3.05, 3.63) is 29.8 Å². The molecule has 0 aliphatic carbocycles. The number of hydrogen-bond donors (Lipinski definition) is 1. The molecule has 0 radical (unpaired) electrons. The predicted octanol–water partition coefficient (Wildman–Crippen LogP) is 3.52. The van der Waals surface area contributed by atoms with Gasteiger partial charge in [0, 0.05) is 0 Å². The fourth-order valence-corrected chi connectivity index (χ4v) is 1.81. The SMILES string of the molecule is CCCC(O)COc1ccccc1C(C)(C)C. The van der Waals surface area contributed by atoms with Gasteiger partial charge in [-0.05, 0) is 23.5 Å². The van der Waals surface area contributed by atoms with Gasteiger partial charge in [-0.1, -0.05) is 52.3 Å². The van der Waals surface area contributed by atoms with Crippen molar-refractivity contribution in [3.8, 4) is 5.75 Å².